The molecule has 3 atom stereocenters. The summed E-state index contributed by atoms with van der Waals surface area (Å²) in [5.74, 6) is -1.73. The van der Waals surface area contributed by atoms with E-state index in [1.54, 1.807) is 35.8 Å². The van der Waals surface area contributed by atoms with Crippen LogP contribution in [0.15, 0.2) is 66.0 Å². The summed E-state index contributed by atoms with van der Waals surface area (Å²) < 4.78 is 50.8. The number of hydrogen-bond acceptors (Lipinski definition) is 10. The SMILES string of the molecule is CCCCCC[C@H](C(=O)N1C[C@@H](Oc2ccc(C(=O)OCC)cc2)C[C@H]1C(=O)OC)n1cnc(NC(=O)c2ccccc2S(=O)(=O)O)c1. The summed E-state index contributed by atoms with van der Waals surface area (Å²) >= 11 is 0. The molecule has 0 aliphatic carbocycles. The Balaban J connectivity index is 1.54. The van der Waals surface area contributed by atoms with Crippen LogP contribution in [0.4, 0.5) is 5.82 Å². The molecule has 14 nitrogen and oxygen atoms in total. The number of aromatic nitrogens is 2. The summed E-state index contributed by atoms with van der Waals surface area (Å²) in [5, 5.41) is 2.52. The zero-order chi connectivity index (χ0) is 34.8. The van der Waals surface area contributed by atoms with Crippen molar-refractivity contribution in [1.29, 1.82) is 0 Å². The quantitative estimate of drug-likeness (QED) is 0.132. The first-order chi connectivity index (χ1) is 23.0. The number of amides is 2. The molecule has 2 aromatic carbocycles. The third-order valence-electron chi connectivity index (χ3n) is 7.92. The van der Waals surface area contributed by atoms with Gasteiger partial charge in [0.05, 0.1) is 37.7 Å². The average molecular weight is 685 g/mol. The molecular weight excluding hydrogens is 644 g/mol. The van der Waals surface area contributed by atoms with Gasteiger partial charge in [0.15, 0.2) is 5.82 Å². The predicted molar refractivity (Wildman–Crippen MR) is 173 cm³/mol. The van der Waals surface area contributed by atoms with Gasteiger partial charge >= 0.3 is 11.9 Å². The molecule has 2 N–H and O–H groups in total. The monoisotopic (exact) mass is 684 g/mol. The Labute approximate surface area is 279 Å². The summed E-state index contributed by atoms with van der Waals surface area (Å²) in [6, 6.07) is 9.88. The van der Waals surface area contributed by atoms with E-state index in [9.17, 15) is 32.1 Å². The number of methoxy groups -OCH3 is 1. The van der Waals surface area contributed by atoms with Gasteiger partial charge in [-0.2, -0.15) is 8.42 Å². The molecule has 15 heteroatoms. The van der Waals surface area contributed by atoms with Crippen LogP contribution in [0.5, 0.6) is 5.75 Å². The number of nitrogens with zero attached hydrogens (tertiary/aromatic N) is 3. The molecule has 1 aromatic heterocycles. The van der Waals surface area contributed by atoms with E-state index in [-0.39, 0.29) is 36.9 Å². The van der Waals surface area contributed by atoms with E-state index in [0.717, 1.165) is 25.3 Å². The Kier molecular flexibility index (Phi) is 12.3. The maximum atomic E-state index is 14.2. The van der Waals surface area contributed by atoms with Crippen LogP contribution in [-0.2, 0) is 29.2 Å². The van der Waals surface area contributed by atoms with E-state index in [2.05, 4.69) is 17.2 Å². The molecule has 0 unspecified atom stereocenters. The molecule has 0 radical (unpaired) electrons. The molecular formula is C33H40N4O10S. The lowest BCUT2D eigenvalue weighted by Crippen LogP contribution is -2.44. The Morgan fingerprint density at radius 3 is 2.44 bits per heavy atom. The Morgan fingerprint density at radius 1 is 1.04 bits per heavy atom. The lowest BCUT2D eigenvalue weighted by Gasteiger charge is -2.28. The van der Waals surface area contributed by atoms with Gasteiger partial charge in [-0.15, -0.1) is 0 Å². The maximum absolute atomic E-state index is 14.2. The van der Waals surface area contributed by atoms with Crippen molar-refractivity contribution in [3.05, 3.63) is 72.2 Å². The van der Waals surface area contributed by atoms with Crippen molar-refractivity contribution >= 4 is 39.7 Å². The first-order valence-corrected chi connectivity index (χ1v) is 17.1. The number of rotatable bonds is 15. The molecule has 0 saturated carbocycles. The van der Waals surface area contributed by atoms with Gasteiger partial charge in [0.25, 0.3) is 16.0 Å². The summed E-state index contributed by atoms with van der Waals surface area (Å²) in [7, 11) is -3.41. The lowest BCUT2D eigenvalue weighted by atomic mass is 10.1. The fraction of sp³-hybridized carbons (Fsp3) is 0.424. The van der Waals surface area contributed by atoms with Crippen LogP contribution in [0.3, 0.4) is 0 Å². The van der Waals surface area contributed by atoms with E-state index < -0.39 is 51.0 Å². The molecule has 2 amide bonds. The number of anilines is 1. The van der Waals surface area contributed by atoms with Crippen molar-refractivity contribution in [3.8, 4) is 5.75 Å². The Morgan fingerprint density at radius 2 is 1.77 bits per heavy atom. The highest BCUT2D eigenvalue weighted by atomic mass is 32.2. The van der Waals surface area contributed by atoms with Crippen LogP contribution in [0.1, 0.15) is 79.1 Å². The molecule has 0 bridgehead atoms. The average Bonchev–Trinajstić information content (AvgIpc) is 3.71. The number of carbonyl (C=O) groups excluding carboxylic acids is 4. The van der Waals surface area contributed by atoms with Crippen molar-refractivity contribution in [2.75, 3.05) is 25.6 Å². The second-order valence-corrected chi connectivity index (χ2v) is 12.6. The van der Waals surface area contributed by atoms with E-state index in [1.807, 2.05) is 0 Å². The highest BCUT2D eigenvalue weighted by molar-refractivity contribution is 7.86. The number of carbonyl (C=O) groups is 4. The molecule has 3 aromatic rings. The smallest absolute Gasteiger partial charge is 0.338 e. The number of esters is 2. The van der Waals surface area contributed by atoms with E-state index in [0.29, 0.717) is 24.2 Å². The van der Waals surface area contributed by atoms with Crippen molar-refractivity contribution in [2.24, 2.45) is 0 Å². The minimum atomic E-state index is -4.66. The second-order valence-electron chi connectivity index (χ2n) is 11.2. The maximum Gasteiger partial charge on any atom is 0.338 e. The number of imidazole rings is 1. The minimum Gasteiger partial charge on any atom is -0.488 e. The molecule has 1 aliphatic rings. The topological polar surface area (TPSA) is 183 Å². The van der Waals surface area contributed by atoms with Gasteiger partial charge < -0.3 is 29.0 Å². The molecule has 1 saturated heterocycles. The first kappa shape index (κ1) is 36.1. The van der Waals surface area contributed by atoms with Gasteiger partial charge in [0, 0.05) is 12.6 Å². The number of unbranched alkanes of at least 4 members (excludes halogenated alkanes) is 3. The zero-order valence-electron chi connectivity index (χ0n) is 27.0. The van der Waals surface area contributed by atoms with Crippen LogP contribution in [0.25, 0.3) is 0 Å². The van der Waals surface area contributed by atoms with Crippen molar-refractivity contribution in [2.45, 2.75) is 75.5 Å². The van der Waals surface area contributed by atoms with Crippen LogP contribution >= 0.6 is 0 Å². The number of benzene rings is 2. The van der Waals surface area contributed by atoms with Crippen LogP contribution in [-0.4, -0.2) is 83.6 Å². The van der Waals surface area contributed by atoms with Gasteiger partial charge in [0.2, 0.25) is 5.91 Å². The largest absolute Gasteiger partial charge is 0.488 e. The molecule has 2 heterocycles. The van der Waals surface area contributed by atoms with Crippen molar-refractivity contribution in [3.63, 3.8) is 0 Å². The summed E-state index contributed by atoms with van der Waals surface area (Å²) in [4.78, 5) is 57.2. The highest BCUT2D eigenvalue weighted by Crippen LogP contribution is 2.30. The van der Waals surface area contributed by atoms with E-state index >= 15 is 0 Å². The third-order valence-corrected chi connectivity index (χ3v) is 8.83. The van der Waals surface area contributed by atoms with Crippen LogP contribution in [0, 0.1) is 0 Å². The Hall–Kier alpha value is -4.76. The summed E-state index contributed by atoms with van der Waals surface area (Å²) in [6.45, 7) is 4.13. The van der Waals surface area contributed by atoms with E-state index in [4.69, 9.17) is 14.2 Å². The molecule has 48 heavy (non-hydrogen) atoms. The number of hydrogen-bond donors (Lipinski definition) is 2. The standard InChI is InChI=1S/C33H40N4O10S/c1-4-6-7-8-12-26(36-20-29(34-21-36)35-30(38)25-11-9-10-13-28(25)48(42,43)44)31(39)37-19-24(18-27(37)33(41)45-3)47-23-16-14-22(15-17-23)32(40)46-5-2/h9-11,13-17,20-21,24,26-27H,4-8,12,18-19H2,1-3H3,(H,35,38)(H,42,43,44)/t24-,26+,27-/m0/s1. The van der Waals surface area contributed by atoms with Crippen LogP contribution < -0.4 is 10.1 Å². The first-order valence-electron chi connectivity index (χ1n) is 15.7. The van der Waals surface area contributed by atoms with Gasteiger partial charge in [-0.1, -0.05) is 44.7 Å². The predicted octanol–water partition coefficient (Wildman–Crippen LogP) is 4.29. The lowest BCUT2D eigenvalue weighted by molar-refractivity contribution is -0.152. The number of ether oxygens (including phenoxy) is 3. The second kappa shape index (κ2) is 16.4. The van der Waals surface area contributed by atoms with E-state index in [1.165, 1.54) is 42.7 Å². The summed E-state index contributed by atoms with van der Waals surface area (Å²) in [6.07, 6.45) is 6.42. The highest BCUT2D eigenvalue weighted by Gasteiger charge is 2.43. The minimum absolute atomic E-state index is 0.0508. The number of nitrogens with one attached hydrogen (secondary N) is 1. The Bertz CT molecular complexity index is 1710. The van der Waals surface area contributed by atoms with Gasteiger partial charge in [-0.3, -0.25) is 14.1 Å². The van der Waals surface area contributed by atoms with Gasteiger partial charge in [0.1, 0.15) is 28.8 Å². The van der Waals surface area contributed by atoms with Crippen LogP contribution in [0.2, 0.25) is 0 Å². The van der Waals surface area contributed by atoms with Crippen molar-refractivity contribution in [1.82, 2.24) is 14.5 Å². The molecule has 0 spiro atoms. The van der Waals surface area contributed by atoms with Crippen molar-refractivity contribution < 1.29 is 46.4 Å². The molecule has 1 fully saturated rings. The molecule has 4 rings (SSSR count). The fourth-order valence-corrected chi connectivity index (χ4v) is 6.24. The zero-order valence-corrected chi connectivity index (χ0v) is 27.9. The van der Waals surface area contributed by atoms with Gasteiger partial charge in [-0.25, -0.2) is 14.6 Å². The molecule has 258 valence electrons. The third kappa shape index (κ3) is 8.98. The number of likely N-dealkylation sites (tertiary alicyclic amines) is 1. The summed E-state index contributed by atoms with van der Waals surface area (Å²) in [5.41, 5.74) is 0.0885. The molecule has 1 aliphatic heterocycles. The van der Waals surface area contributed by atoms with Gasteiger partial charge in [-0.05, 0) is 49.7 Å². The fourth-order valence-electron chi connectivity index (χ4n) is 5.55. The normalized spacial score (nSPS) is 16.6.